The summed E-state index contributed by atoms with van der Waals surface area (Å²) in [6.07, 6.45) is 0.187. The van der Waals surface area contributed by atoms with E-state index in [1.165, 1.54) is 13.0 Å². The van der Waals surface area contributed by atoms with Crippen molar-refractivity contribution in [3.8, 4) is 0 Å². The fourth-order valence-corrected chi connectivity index (χ4v) is 0.309. The number of isocyanates is 1. The summed E-state index contributed by atoms with van der Waals surface area (Å²) >= 11 is 0. The highest BCUT2D eigenvalue weighted by Crippen LogP contribution is 1.97. The van der Waals surface area contributed by atoms with Crippen LogP contribution in [0.25, 0.3) is 0 Å². The first-order valence-electron chi connectivity index (χ1n) is 2.84. The van der Waals surface area contributed by atoms with Gasteiger partial charge in [-0.1, -0.05) is 6.58 Å². The Kier molecular flexibility index (Phi) is 3.85. The highest BCUT2D eigenvalue weighted by atomic mass is 16.6. The lowest BCUT2D eigenvalue weighted by atomic mass is 10.4. The Morgan fingerprint density at radius 1 is 1.73 bits per heavy atom. The molecule has 1 radical (unpaired) electrons. The molecule has 0 rings (SSSR count). The van der Waals surface area contributed by atoms with Crippen LogP contribution in [0.4, 0.5) is 0 Å². The number of nitrogens with zero attached hydrogens (tertiary/aromatic N) is 1. The molecule has 1 unspecified atom stereocenters. The van der Waals surface area contributed by atoms with Crippen LogP contribution in [0.5, 0.6) is 0 Å². The topological polar surface area (TPSA) is 55.7 Å². The van der Waals surface area contributed by atoms with E-state index >= 15 is 0 Å². The van der Waals surface area contributed by atoms with Crippen LogP contribution >= 0.6 is 0 Å². The van der Waals surface area contributed by atoms with Gasteiger partial charge in [0.2, 0.25) is 12.3 Å². The molecule has 0 aromatic heterocycles. The van der Waals surface area contributed by atoms with E-state index in [-0.39, 0.29) is 5.57 Å². The van der Waals surface area contributed by atoms with Gasteiger partial charge in [0.1, 0.15) is 0 Å². The van der Waals surface area contributed by atoms with Crippen molar-refractivity contribution in [3.05, 3.63) is 19.1 Å². The van der Waals surface area contributed by atoms with Gasteiger partial charge >= 0.3 is 5.97 Å². The number of rotatable bonds is 3. The third kappa shape index (κ3) is 4.06. The minimum atomic E-state index is -1.03. The lowest BCUT2D eigenvalue weighted by molar-refractivity contribution is -0.141. The number of hydrogen-bond acceptors (Lipinski definition) is 4. The third-order valence-corrected chi connectivity index (χ3v) is 0.788. The van der Waals surface area contributed by atoms with Crippen molar-refractivity contribution >= 4 is 12.0 Å². The van der Waals surface area contributed by atoms with Crippen molar-refractivity contribution in [1.82, 2.24) is 0 Å². The normalized spacial score (nSPS) is 11.1. The summed E-state index contributed by atoms with van der Waals surface area (Å²) in [7, 11) is 0. The summed E-state index contributed by atoms with van der Waals surface area (Å²) < 4.78 is 4.47. The maximum Gasteiger partial charge on any atom is 0.335 e. The van der Waals surface area contributed by atoms with Crippen molar-refractivity contribution in [2.45, 2.75) is 13.2 Å². The highest BCUT2D eigenvalue weighted by molar-refractivity contribution is 5.87. The summed E-state index contributed by atoms with van der Waals surface area (Å²) in [5.41, 5.74) is 0.236. The Morgan fingerprint density at radius 2 is 2.27 bits per heavy atom. The molecule has 0 aliphatic heterocycles. The van der Waals surface area contributed by atoms with Crippen molar-refractivity contribution in [1.29, 1.82) is 0 Å². The second-order valence-corrected chi connectivity index (χ2v) is 1.86. The van der Waals surface area contributed by atoms with E-state index in [1.54, 1.807) is 0 Å². The van der Waals surface area contributed by atoms with Gasteiger partial charge in [-0.05, 0) is 6.92 Å². The molecule has 0 aliphatic rings. The highest BCUT2D eigenvalue weighted by Gasteiger charge is 2.07. The maximum atomic E-state index is 10.7. The predicted molar refractivity (Wildman–Crippen MR) is 38.2 cm³/mol. The number of carbonyl (C=O) groups excluding carboxylic acids is 2. The molecule has 0 aliphatic carbocycles. The minimum Gasteiger partial charge on any atom is -0.436 e. The second kappa shape index (κ2) is 4.41. The molecule has 0 saturated carbocycles. The SMILES string of the molecule is [CH2]C(N=C=O)OC(=O)C(=C)C. The molecule has 0 bridgehead atoms. The van der Waals surface area contributed by atoms with Crippen molar-refractivity contribution < 1.29 is 14.3 Å². The number of esters is 1. The van der Waals surface area contributed by atoms with Crippen LogP contribution in [0.2, 0.25) is 0 Å². The Balaban J connectivity index is 3.94. The molecule has 0 fully saturated rings. The first-order chi connectivity index (χ1) is 5.07. The first-order valence-corrected chi connectivity index (χ1v) is 2.84. The van der Waals surface area contributed by atoms with Crippen molar-refractivity contribution in [2.24, 2.45) is 4.99 Å². The Morgan fingerprint density at radius 3 is 2.64 bits per heavy atom. The van der Waals surface area contributed by atoms with Crippen LogP contribution in [0.15, 0.2) is 17.1 Å². The van der Waals surface area contributed by atoms with Gasteiger partial charge < -0.3 is 4.74 Å². The zero-order valence-electron chi connectivity index (χ0n) is 6.16. The molecule has 0 aromatic carbocycles. The van der Waals surface area contributed by atoms with Gasteiger partial charge in [0.05, 0.1) is 0 Å². The van der Waals surface area contributed by atoms with E-state index in [1.807, 2.05) is 0 Å². The Bertz CT molecular complexity index is 216. The van der Waals surface area contributed by atoms with Crippen LogP contribution in [-0.2, 0) is 14.3 Å². The molecule has 1 atom stereocenters. The maximum absolute atomic E-state index is 10.7. The van der Waals surface area contributed by atoms with Crippen LogP contribution in [0, 0.1) is 6.92 Å². The molecule has 59 valence electrons. The number of ether oxygens (including phenoxy) is 1. The van der Waals surface area contributed by atoms with E-state index in [0.29, 0.717) is 0 Å². The first kappa shape index (κ1) is 9.59. The molecule has 0 heterocycles. The van der Waals surface area contributed by atoms with Crippen LogP contribution < -0.4 is 0 Å². The molecule has 11 heavy (non-hydrogen) atoms. The molecule has 4 nitrogen and oxygen atoms in total. The molecular formula is C7H8NO3. The van der Waals surface area contributed by atoms with E-state index in [2.05, 4.69) is 23.2 Å². The van der Waals surface area contributed by atoms with Gasteiger partial charge in [-0.3, -0.25) is 0 Å². The van der Waals surface area contributed by atoms with Gasteiger partial charge in [0.25, 0.3) is 0 Å². The quantitative estimate of drug-likeness (QED) is 0.259. The monoisotopic (exact) mass is 154 g/mol. The van der Waals surface area contributed by atoms with Gasteiger partial charge in [0, 0.05) is 12.5 Å². The third-order valence-electron chi connectivity index (χ3n) is 0.788. The lowest BCUT2D eigenvalue weighted by Crippen LogP contribution is -2.12. The summed E-state index contributed by atoms with van der Waals surface area (Å²) in [6.45, 7) is 8.05. The smallest absolute Gasteiger partial charge is 0.335 e. The molecular weight excluding hydrogens is 146 g/mol. The standard InChI is InChI=1S/C7H8NO3/c1-5(2)7(10)11-6(3)8-4-9/h6H,1,3H2,2H3. The lowest BCUT2D eigenvalue weighted by Gasteiger charge is -2.04. The van der Waals surface area contributed by atoms with Crippen molar-refractivity contribution in [2.75, 3.05) is 0 Å². The average molecular weight is 154 g/mol. The van der Waals surface area contributed by atoms with Gasteiger partial charge in [0.15, 0.2) is 0 Å². The number of carbonyl (C=O) groups is 1. The largest absolute Gasteiger partial charge is 0.436 e. The van der Waals surface area contributed by atoms with Gasteiger partial charge in [-0.15, -0.1) is 0 Å². The Hall–Kier alpha value is -1.41. The van der Waals surface area contributed by atoms with E-state index < -0.39 is 12.2 Å². The summed E-state index contributed by atoms with van der Waals surface area (Å²) in [4.78, 5) is 23.3. The van der Waals surface area contributed by atoms with Gasteiger partial charge in [-0.2, -0.15) is 4.99 Å². The fourth-order valence-electron chi connectivity index (χ4n) is 0.309. The van der Waals surface area contributed by atoms with Crippen molar-refractivity contribution in [3.63, 3.8) is 0 Å². The zero-order chi connectivity index (χ0) is 8.85. The average Bonchev–Trinajstić information content (AvgIpc) is 1.87. The molecule has 4 heteroatoms. The Labute approximate surface area is 64.6 Å². The van der Waals surface area contributed by atoms with Gasteiger partial charge in [-0.25, -0.2) is 9.59 Å². The van der Waals surface area contributed by atoms with E-state index in [4.69, 9.17) is 0 Å². The summed E-state index contributed by atoms with van der Waals surface area (Å²) in [5.74, 6) is -0.621. The second-order valence-electron chi connectivity index (χ2n) is 1.86. The molecule has 0 spiro atoms. The molecule has 0 amide bonds. The van der Waals surface area contributed by atoms with E-state index in [0.717, 1.165) is 0 Å². The zero-order valence-corrected chi connectivity index (χ0v) is 6.16. The predicted octanol–water partition coefficient (Wildman–Crippen LogP) is 0.602. The van der Waals surface area contributed by atoms with E-state index in [9.17, 15) is 9.59 Å². The minimum absolute atomic E-state index is 0.236. The molecule has 0 aromatic rings. The van der Waals surface area contributed by atoms with Crippen LogP contribution in [-0.4, -0.2) is 18.3 Å². The van der Waals surface area contributed by atoms with Crippen LogP contribution in [0.1, 0.15) is 6.92 Å². The molecule has 0 N–H and O–H groups in total. The van der Waals surface area contributed by atoms with Crippen LogP contribution in [0.3, 0.4) is 0 Å². The fraction of sp³-hybridized carbons (Fsp3) is 0.286. The number of aliphatic imine (C=N–C) groups is 1. The summed E-state index contributed by atoms with van der Waals surface area (Å²) in [6, 6.07) is 0. The summed E-state index contributed by atoms with van der Waals surface area (Å²) in [5, 5.41) is 0. The number of hydrogen-bond donors (Lipinski definition) is 0. The molecule has 0 saturated heterocycles.